The van der Waals surface area contributed by atoms with Gasteiger partial charge in [0, 0.05) is 24.6 Å². The topological polar surface area (TPSA) is 110 Å². The Balaban J connectivity index is 1.84. The molecule has 0 radical (unpaired) electrons. The molecule has 0 saturated carbocycles. The molecule has 3 rings (SSSR count). The molecule has 0 aromatic heterocycles. The highest BCUT2D eigenvalue weighted by molar-refractivity contribution is 6.01. The number of nitro groups is 1. The Bertz CT molecular complexity index is 891. The average Bonchev–Trinajstić information content (AvgIpc) is 2.64. The molecular formula is C18H18F2N4O3. The van der Waals surface area contributed by atoms with Crippen LogP contribution in [0.15, 0.2) is 36.4 Å². The molecule has 2 atom stereocenters. The average molecular weight is 376 g/mol. The van der Waals surface area contributed by atoms with Gasteiger partial charge >= 0.3 is 0 Å². The number of amides is 1. The molecule has 2 aromatic carbocycles. The second-order valence-corrected chi connectivity index (χ2v) is 6.35. The SMILES string of the molecule is Nc1c(C(=O)NC2CNCCC2c2ccc(F)c(F)c2)cccc1[N+](=O)[O-]. The normalized spacial score (nSPS) is 19.5. The first-order valence-corrected chi connectivity index (χ1v) is 8.38. The number of benzene rings is 2. The Kier molecular flexibility index (Phi) is 5.31. The first kappa shape index (κ1) is 18.7. The van der Waals surface area contributed by atoms with E-state index in [2.05, 4.69) is 10.6 Å². The Hall–Kier alpha value is -3.07. The summed E-state index contributed by atoms with van der Waals surface area (Å²) >= 11 is 0. The first-order valence-electron chi connectivity index (χ1n) is 8.38. The highest BCUT2D eigenvalue weighted by atomic mass is 19.2. The predicted octanol–water partition coefficient (Wildman–Crippen LogP) is 2.33. The minimum atomic E-state index is -0.945. The number of anilines is 1. The van der Waals surface area contributed by atoms with Crippen LogP contribution in [-0.4, -0.2) is 30.0 Å². The van der Waals surface area contributed by atoms with Crippen molar-refractivity contribution in [3.05, 3.63) is 69.3 Å². The lowest BCUT2D eigenvalue weighted by Crippen LogP contribution is -2.50. The first-order chi connectivity index (χ1) is 12.9. The number of nitrogens with one attached hydrogen (secondary N) is 2. The fourth-order valence-electron chi connectivity index (χ4n) is 3.31. The van der Waals surface area contributed by atoms with Crippen LogP contribution in [0.2, 0.25) is 0 Å². The minimum Gasteiger partial charge on any atom is -0.393 e. The van der Waals surface area contributed by atoms with Gasteiger partial charge in [-0.25, -0.2) is 8.78 Å². The van der Waals surface area contributed by atoms with Gasteiger partial charge in [0.15, 0.2) is 11.6 Å². The van der Waals surface area contributed by atoms with Crippen molar-refractivity contribution in [3.8, 4) is 0 Å². The number of rotatable bonds is 4. The van der Waals surface area contributed by atoms with Crippen molar-refractivity contribution in [1.29, 1.82) is 0 Å². The summed E-state index contributed by atoms with van der Waals surface area (Å²) in [6.07, 6.45) is 0.612. The molecule has 2 aromatic rings. The number of carbonyl (C=O) groups is 1. The number of carbonyl (C=O) groups excluding carboxylic acids is 1. The monoisotopic (exact) mass is 376 g/mol. The van der Waals surface area contributed by atoms with E-state index in [1.165, 1.54) is 24.3 Å². The third-order valence-corrected chi connectivity index (χ3v) is 4.69. The standard InChI is InChI=1S/C18H18F2N4O3/c19-13-5-4-10(8-14(13)20)11-6-7-22-9-15(11)23-18(25)12-2-1-3-16(17(12)21)24(26)27/h1-5,8,11,15,22H,6-7,9,21H2,(H,23,25). The number of nitrogens with zero attached hydrogens (tertiary/aromatic N) is 1. The lowest BCUT2D eigenvalue weighted by atomic mass is 9.85. The fourth-order valence-corrected chi connectivity index (χ4v) is 3.31. The smallest absolute Gasteiger partial charge is 0.292 e. The van der Waals surface area contributed by atoms with Crippen LogP contribution in [0.3, 0.4) is 0 Å². The number of nitrogen functional groups attached to an aromatic ring is 1. The van der Waals surface area contributed by atoms with Gasteiger partial charge in [-0.3, -0.25) is 14.9 Å². The summed E-state index contributed by atoms with van der Waals surface area (Å²) in [6.45, 7) is 1.08. The van der Waals surface area contributed by atoms with Crippen LogP contribution < -0.4 is 16.4 Å². The van der Waals surface area contributed by atoms with E-state index in [1.807, 2.05) is 0 Å². The molecule has 0 spiro atoms. The van der Waals surface area contributed by atoms with Gasteiger partial charge in [0.25, 0.3) is 11.6 Å². The third kappa shape index (κ3) is 3.87. The molecule has 4 N–H and O–H groups in total. The van der Waals surface area contributed by atoms with Crippen molar-refractivity contribution >= 4 is 17.3 Å². The number of hydrogen-bond acceptors (Lipinski definition) is 5. The largest absolute Gasteiger partial charge is 0.393 e. The molecule has 1 aliphatic rings. The zero-order valence-corrected chi connectivity index (χ0v) is 14.2. The second kappa shape index (κ2) is 7.67. The Morgan fingerprint density at radius 2 is 2.04 bits per heavy atom. The van der Waals surface area contributed by atoms with Crippen LogP contribution >= 0.6 is 0 Å². The van der Waals surface area contributed by atoms with Crippen LogP contribution in [-0.2, 0) is 0 Å². The molecule has 0 bridgehead atoms. The molecule has 1 fully saturated rings. The van der Waals surface area contributed by atoms with Gasteiger partial charge in [0.2, 0.25) is 0 Å². The van der Waals surface area contributed by atoms with E-state index in [-0.39, 0.29) is 22.9 Å². The molecule has 1 amide bonds. The van der Waals surface area contributed by atoms with Gasteiger partial charge in [-0.1, -0.05) is 12.1 Å². The van der Waals surface area contributed by atoms with Gasteiger partial charge in [-0.15, -0.1) is 0 Å². The Morgan fingerprint density at radius 3 is 2.74 bits per heavy atom. The van der Waals surface area contributed by atoms with E-state index in [0.29, 0.717) is 25.1 Å². The molecule has 0 aliphatic carbocycles. The number of hydrogen-bond donors (Lipinski definition) is 3. The number of nitrogens with two attached hydrogens (primary N) is 1. The number of nitro benzene ring substituents is 1. The lowest BCUT2D eigenvalue weighted by Gasteiger charge is -2.33. The van der Waals surface area contributed by atoms with Gasteiger partial charge in [-0.2, -0.15) is 0 Å². The summed E-state index contributed by atoms with van der Waals surface area (Å²) in [6, 6.07) is 7.29. The van der Waals surface area contributed by atoms with E-state index in [9.17, 15) is 23.7 Å². The van der Waals surface area contributed by atoms with Crippen molar-refractivity contribution in [2.24, 2.45) is 0 Å². The van der Waals surface area contributed by atoms with Gasteiger partial charge in [0.05, 0.1) is 10.5 Å². The molecule has 1 aliphatic heterocycles. The molecule has 27 heavy (non-hydrogen) atoms. The summed E-state index contributed by atoms with van der Waals surface area (Å²) in [4.78, 5) is 23.0. The number of para-hydroxylation sites is 1. The molecule has 9 heteroatoms. The van der Waals surface area contributed by atoms with E-state index in [4.69, 9.17) is 5.73 Å². The van der Waals surface area contributed by atoms with Crippen LogP contribution in [0.25, 0.3) is 0 Å². The van der Waals surface area contributed by atoms with Crippen molar-refractivity contribution in [3.63, 3.8) is 0 Å². The summed E-state index contributed by atoms with van der Waals surface area (Å²) < 4.78 is 26.8. The molecule has 1 saturated heterocycles. The minimum absolute atomic E-state index is 0.00110. The molecule has 7 nitrogen and oxygen atoms in total. The number of piperidine rings is 1. The van der Waals surface area contributed by atoms with Crippen LogP contribution in [0, 0.1) is 21.7 Å². The van der Waals surface area contributed by atoms with Gasteiger partial charge < -0.3 is 16.4 Å². The summed E-state index contributed by atoms with van der Waals surface area (Å²) in [7, 11) is 0. The maximum absolute atomic E-state index is 13.6. The summed E-state index contributed by atoms with van der Waals surface area (Å²) in [5, 5.41) is 16.9. The fraction of sp³-hybridized carbons (Fsp3) is 0.278. The maximum Gasteiger partial charge on any atom is 0.292 e. The maximum atomic E-state index is 13.6. The number of halogens is 2. The summed E-state index contributed by atoms with van der Waals surface area (Å²) in [5.41, 5.74) is 5.78. The predicted molar refractivity (Wildman–Crippen MR) is 95.3 cm³/mol. The zero-order chi connectivity index (χ0) is 19.6. The van der Waals surface area contributed by atoms with Gasteiger partial charge in [-0.05, 0) is 36.7 Å². The quantitative estimate of drug-likeness (QED) is 0.431. The zero-order valence-electron chi connectivity index (χ0n) is 14.2. The van der Waals surface area contributed by atoms with Crippen molar-refractivity contribution in [2.75, 3.05) is 18.8 Å². The molecular weight excluding hydrogens is 358 g/mol. The van der Waals surface area contributed by atoms with Crippen molar-refractivity contribution in [1.82, 2.24) is 10.6 Å². The van der Waals surface area contributed by atoms with Crippen LogP contribution in [0.4, 0.5) is 20.2 Å². The highest BCUT2D eigenvalue weighted by Crippen LogP contribution is 2.29. The van der Waals surface area contributed by atoms with E-state index in [0.717, 1.165) is 12.1 Å². The molecule has 1 heterocycles. The van der Waals surface area contributed by atoms with E-state index < -0.39 is 28.5 Å². The van der Waals surface area contributed by atoms with Gasteiger partial charge in [0.1, 0.15) is 5.69 Å². The lowest BCUT2D eigenvalue weighted by molar-refractivity contribution is -0.383. The Labute approximate surface area is 153 Å². The van der Waals surface area contributed by atoms with Crippen LogP contribution in [0.1, 0.15) is 28.3 Å². The van der Waals surface area contributed by atoms with E-state index in [1.54, 1.807) is 0 Å². The second-order valence-electron chi connectivity index (χ2n) is 6.35. The van der Waals surface area contributed by atoms with Crippen LogP contribution in [0.5, 0.6) is 0 Å². The van der Waals surface area contributed by atoms with E-state index >= 15 is 0 Å². The summed E-state index contributed by atoms with van der Waals surface area (Å²) in [5.74, 6) is -2.67. The Morgan fingerprint density at radius 1 is 1.26 bits per heavy atom. The van der Waals surface area contributed by atoms with Crippen molar-refractivity contribution in [2.45, 2.75) is 18.4 Å². The third-order valence-electron chi connectivity index (χ3n) is 4.69. The highest BCUT2D eigenvalue weighted by Gasteiger charge is 2.30. The molecule has 142 valence electrons. The molecule has 2 unspecified atom stereocenters. The van der Waals surface area contributed by atoms with Crippen molar-refractivity contribution < 1.29 is 18.5 Å².